The number of benzene rings is 1. The number of morpholine rings is 1. The van der Waals surface area contributed by atoms with Gasteiger partial charge < -0.3 is 20.1 Å². The fourth-order valence-corrected chi connectivity index (χ4v) is 3.47. The summed E-state index contributed by atoms with van der Waals surface area (Å²) >= 11 is 0. The first-order valence-corrected chi connectivity index (χ1v) is 8.72. The van der Waals surface area contributed by atoms with E-state index in [9.17, 15) is 0 Å². The average Bonchev–Trinajstić information content (AvgIpc) is 3.10. The molecule has 1 aromatic rings. The first-order valence-electron chi connectivity index (χ1n) is 8.72. The van der Waals surface area contributed by atoms with Crippen LogP contribution in [-0.2, 0) is 11.3 Å². The molecule has 0 amide bonds. The van der Waals surface area contributed by atoms with Gasteiger partial charge in [-0.1, -0.05) is 18.2 Å². The molecule has 2 N–H and O–H groups in total. The van der Waals surface area contributed by atoms with Gasteiger partial charge in [0.05, 0.1) is 19.8 Å². The molecule has 2 unspecified atom stereocenters. The molecule has 2 aliphatic heterocycles. The highest BCUT2D eigenvalue weighted by atomic mass is 16.5. The van der Waals surface area contributed by atoms with Crippen LogP contribution in [0.15, 0.2) is 29.3 Å². The van der Waals surface area contributed by atoms with Gasteiger partial charge in [-0.2, -0.15) is 0 Å². The van der Waals surface area contributed by atoms with E-state index in [4.69, 9.17) is 9.47 Å². The van der Waals surface area contributed by atoms with Crippen LogP contribution in [0.3, 0.4) is 0 Å². The lowest BCUT2D eigenvalue weighted by Crippen LogP contribution is -2.51. The molecule has 2 heterocycles. The van der Waals surface area contributed by atoms with Crippen molar-refractivity contribution in [2.75, 3.05) is 40.4 Å². The zero-order valence-corrected chi connectivity index (χ0v) is 14.6. The van der Waals surface area contributed by atoms with Crippen molar-refractivity contribution in [2.45, 2.75) is 31.5 Å². The van der Waals surface area contributed by atoms with Crippen molar-refractivity contribution in [3.63, 3.8) is 0 Å². The Morgan fingerprint density at radius 1 is 1.38 bits per heavy atom. The fourth-order valence-electron chi connectivity index (χ4n) is 3.47. The van der Waals surface area contributed by atoms with Gasteiger partial charge >= 0.3 is 0 Å². The molecule has 0 saturated carbocycles. The summed E-state index contributed by atoms with van der Waals surface area (Å²) in [4.78, 5) is 6.85. The summed E-state index contributed by atoms with van der Waals surface area (Å²) < 4.78 is 11.4. The van der Waals surface area contributed by atoms with E-state index in [1.807, 2.05) is 18.2 Å². The highest BCUT2D eigenvalue weighted by molar-refractivity contribution is 5.79. The Kier molecular flexibility index (Phi) is 5.93. The van der Waals surface area contributed by atoms with Crippen molar-refractivity contribution in [2.24, 2.45) is 4.99 Å². The van der Waals surface area contributed by atoms with Crippen molar-refractivity contribution in [3.8, 4) is 5.75 Å². The topological polar surface area (TPSA) is 58.1 Å². The zero-order chi connectivity index (χ0) is 16.8. The van der Waals surface area contributed by atoms with Gasteiger partial charge in [-0.3, -0.25) is 9.89 Å². The van der Waals surface area contributed by atoms with Crippen LogP contribution in [0, 0.1) is 0 Å². The number of rotatable bonds is 5. The fraction of sp³-hybridized carbons (Fsp3) is 0.611. The van der Waals surface area contributed by atoms with Crippen molar-refractivity contribution < 1.29 is 9.47 Å². The van der Waals surface area contributed by atoms with E-state index in [-0.39, 0.29) is 6.10 Å². The maximum atomic E-state index is 5.98. The molecule has 2 fully saturated rings. The molecule has 0 aromatic heterocycles. The van der Waals surface area contributed by atoms with E-state index >= 15 is 0 Å². The second-order valence-electron chi connectivity index (χ2n) is 6.36. The number of nitrogens with one attached hydrogen (secondary N) is 2. The number of para-hydroxylation sites is 1. The molecule has 6 heteroatoms. The lowest BCUT2D eigenvalue weighted by Gasteiger charge is -2.35. The second kappa shape index (κ2) is 8.35. The molecule has 2 atom stereocenters. The zero-order valence-electron chi connectivity index (χ0n) is 14.6. The number of nitrogens with zero attached hydrogens (tertiary/aromatic N) is 2. The predicted molar refractivity (Wildman–Crippen MR) is 95.5 cm³/mol. The minimum atomic E-state index is 0.226. The largest absolute Gasteiger partial charge is 0.496 e. The third-order valence-corrected chi connectivity index (χ3v) is 4.82. The molecule has 1 aromatic carbocycles. The van der Waals surface area contributed by atoms with Gasteiger partial charge in [-0.25, -0.2) is 0 Å². The molecule has 3 rings (SSSR count). The van der Waals surface area contributed by atoms with Crippen molar-refractivity contribution in [3.05, 3.63) is 29.8 Å². The van der Waals surface area contributed by atoms with Gasteiger partial charge in [0.1, 0.15) is 5.75 Å². The minimum Gasteiger partial charge on any atom is -0.496 e. The standard InChI is InChI=1S/C18H28N4O2/c1-19-18(20-10-14-6-3-4-8-17(14)23-2)21-11-16-12-22-9-5-7-15(22)13-24-16/h3-4,6,8,15-16H,5,7,9-13H2,1-2H3,(H2,19,20,21). The van der Waals surface area contributed by atoms with Gasteiger partial charge in [-0.05, 0) is 25.5 Å². The van der Waals surface area contributed by atoms with Gasteiger partial charge in [0.2, 0.25) is 0 Å². The highest BCUT2D eigenvalue weighted by Gasteiger charge is 2.32. The third-order valence-electron chi connectivity index (χ3n) is 4.82. The Morgan fingerprint density at radius 3 is 3.08 bits per heavy atom. The Balaban J connectivity index is 1.45. The molecule has 132 valence electrons. The van der Waals surface area contributed by atoms with Crippen LogP contribution >= 0.6 is 0 Å². The summed E-state index contributed by atoms with van der Waals surface area (Å²) in [7, 11) is 3.48. The summed E-state index contributed by atoms with van der Waals surface area (Å²) in [6.45, 7) is 4.53. The summed E-state index contributed by atoms with van der Waals surface area (Å²) in [5.41, 5.74) is 1.11. The maximum absolute atomic E-state index is 5.98. The normalized spacial score (nSPS) is 24.5. The van der Waals surface area contributed by atoms with E-state index in [0.29, 0.717) is 12.6 Å². The van der Waals surface area contributed by atoms with Crippen LogP contribution < -0.4 is 15.4 Å². The summed E-state index contributed by atoms with van der Waals surface area (Å²) in [6, 6.07) is 8.65. The highest BCUT2D eigenvalue weighted by Crippen LogP contribution is 2.22. The summed E-state index contributed by atoms with van der Waals surface area (Å²) in [6.07, 6.45) is 2.81. The van der Waals surface area contributed by atoms with E-state index in [0.717, 1.165) is 37.0 Å². The molecule has 0 bridgehead atoms. The smallest absolute Gasteiger partial charge is 0.191 e. The van der Waals surface area contributed by atoms with Gasteiger partial charge in [0.25, 0.3) is 0 Å². The van der Waals surface area contributed by atoms with Gasteiger partial charge in [-0.15, -0.1) is 0 Å². The minimum absolute atomic E-state index is 0.226. The number of guanidine groups is 1. The molecule has 2 saturated heterocycles. The Labute approximate surface area is 144 Å². The molecule has 24 heavy (non-hydrogen) atoms. The van der Waals surface area contributed by atoms with Crippen LogP contribution in [0.1, 0.15) is 18.4 Å². The van der Waals surface area contributed by atoms with Crippen LogP contribution in [0.2, 0.25) is 0 Å². The van der Waals surface area contributed by atoms with Crippen molar-refractivity contribution in [1.29, 1.82) is 0 Å². The molecule has 0 radical (unpaired) electrons. The molecule has 2 aliphatic rings. The number of aliphatic imine (C=N–C) groups is 1. The number of ether oxygens (including phenoxy) is 2. The van der Waals surface area contributed by atoms with Crippen molar-refractivity contribution >= 4 is 5.96 Å². The number of hydrogen-bond acceptors (Lipinski definition) is 4. The Morgan fingerprint density at radius 2 is 2.25 bits per heavy atom. The van der Waals surface area contributed by atoms with E-state index in [1.54, 1.807) is 14.2 Å². The summed E-state index contributed by atoms with van der Waals surface area (Å²) in [5.74, 6) is 1.67. The lowest BCUT2D eigenvalue weighted by atomic mass is 10.2. The maximum Gasteiger partial charge on any atom is 0.191 e. The summed E-state index contributed by atoms with van der Waals surface area (Å²) in [5, 5.41) is 6.71. The average molecular weight is 332 g/mol. The number of hydrogen-bond donors (Lipinski definition) is 2. The van der Waals surface area contributed by atoms with Crippen LogP contribution in [0.25, 0.3) is 0 Å². The lowest BCUT2D eigenvalue weighted by molar-refractivity contribution is -0.0453. The predicted octanol–water partition coefficient (Wildman–Crippen LogP) is 1.22. The first kappa shape index (κ1) is 17.0. The van der Waals surface area contributed by atoms with E-state index < -0.39 is 0 Å². The molecule has 0 spiro atoms. The molecule has 6 nitrogen and oxygen atoms in total. The van der Waals surface area contributed by atoms with Crippen LogP contribution in [0.4, 0.5) is 0 Å². The second-order valence-corrected chi connectivity index (χ2v) is 6.36. The third kappa shape index (κ3) is 4.19. The molecule has 0 aliphatic carbocycles. The van der Waals surface area contributed by atoms with Crippen LogP contribution in [-0.4, -0.2) is 63.4 Å². The number of fused-ring (bicyclic) bond motifs is 1. The quantitative estimate of drug-likeness (QED) is 0.627. The van der Waals surface area contributed by atoms with Crippen LogP contribution in [0.5, 0.6) is 5.75 Å². The van der Waals surface area contributed by atoms with E-state index in [2.05, 4.69) is 26.6 Å². The Hall–Kier alpha value is -1.79. The monoisotopic (exact) mass is 332 g/mol. The van der Waals surface area contributed by atoms with Gasteiger partial charge in [0.15, 0.2) is 5.96 Å². The first-order chi connectivity index (χ1) is 11.8. The van der Waals surface area contributed by atoms with Crippen molar-refractivity contribution in [1.82, 2.24) is 15.5 Å². The van der Waals surface area contributed by atoms with Gasteiger partial charge in [0, 0.05) is 38.3 Å². The van der Waals surface area contributed by atoms with E-state index in [1.165, 1.54) is 19.4 Å². The number of methoxy groups -OCH3 is 1. The molecular weight excluding hydrogens is 304 g/mol. The Bertz CT molecular complexity index is 564. The SMILES string of the molecule is CN=C(NCc1ccccc1OC)NCC1CN2CCCC2CO1. The molecular formula is C18H28N4O2.